The molecule has 0 saturated heterocycles. The number of aliphatic hydroxyl groups excluding tert-OH is 1. The third-order valence-corrected chi connectivity index (χ3v) is 3.47. The van der Waals surface area contributed by atoms with Crippen LogP contribution in [-0.4, -0.2) is 24.2 Å². The Hall–Kier alpha value is -2.60. The minimum atomic E-state index is -0.944. The van der Waals surface area contributed by atoms with Crippen LogP contribution in [0.1, 0.15) is 22.8 Å². The molecule has 0 spiro atoms. The lowest BCUT2D eigenvalue weighted by Crippen LogP contribution is -2.04. The summed E-state index contributed by atoms with van der Waals surface area (Å²) in [6.07, 6.45) is -0.944. The van der Waals surface area contributed by atoms with Crippen molar-refractivity contribution in [1.82, 2.24) is 0 Å². The minimum Gasteiger partial charge on any atom is -0.497 e. The molecule has 0 unspecified atom stereocenters. The van der Waals surface area contributed by atoms with Crippen molar-refractivity contribution in [1.29, 1.82) is 0 Å². The number of aliphatic hydroxyl groups is 1. The summed E-state index contributed by atoms with van der Waals surface area (Å²) in [7, 11) is 3.05. The molecule has 1 atom stereocenters. The van der Waals surface area contributed by atoms with Crippen molar-refractivity contribution in [3.05, 3.63) is 63.2 Å². The molecule has 1 N–H and O–H groups in total. The molecule has 22 heavy (non-hydrogen) atoms. The average molecular weight is 303 g/mol. The fourth-order valence-electron chi connectivity index (χ4n) is 2.28. The highest BCUT2D eigenvalue weighted by Gasteiger charge is 2.19. The third-order valence-electron chi connectivity index (χ3n) is 3.47. The van der Waals surface area contributed by atoms with E-state index in [1.807, 2.05) is 0 Å². The van der Waals surface area contributed by atoms with Crippen LogP contribution in [0.2, 0.25) is 0 Å². The Bertz CT molecular complexity index is 699. The monoisotopic (exact) mass is 303 g/mol. The van der Waals surface area contributed by atoms with Crippen molar-refractivity contribution in [3.8, 4) is 11.5 Å². The van der Waals surface area contributed by atoms with Gasteiger partial charge >= 0.3 is 0 Å². The Labute approximate surface area is 128 Å². The summed E-state index contributed by atoms with van der Waals surface area (Å²) in [4.78, 5) is 10.4. The van der Waals surface area contributed by atoms with Gasteiger partial charge in [0.1, 0.15) is 17.6 Å². The number of ether oxygens (including phenoxy) is 2. The van der Waals surface area contributed by atoms with Gasteiger partial charge in [0.25, 0.3) is 5.69 Å². The second kappa shape index (κ2) is 6.44. The quantitative estimate of drug-likeness (QED) is 0.678. The van der Waals surface area contributed by atoms with E-state index < -0.39 is 11.0 Å². The molecule has 116 valence electrons. The third kappa shape index (κ3) is 3.01. The lowest BCUT2D eigenvalue weighted by molar-refractivity contribution is -0.385. The van der Waals surface area contributed by atoms with E-state index in [0.29, 0.717) is 28.2 Å². The van der Waals surface area contributed by atoms with Crippen LogP contribution < -0.4 is 9.47 Å². The van der Waals surface area contributed by atoms with Crippen LogP contribution >= 0.6 is 0 Å². The normalized spacial score (nSPS) is 11.8. The van der Waals surface area contributed by atoms with Crippen LogP contribution in [0.15, 0.2) is 36.4 Å². The number of nitrogens with zero attached hydrogens (tertiary/aromatic N) is 1. The van der Waals surface area contributed by atoms with Crippen LogP contribution in [0.4, 0.5) is 5.69 Å². The molecule has 0 aliphatic heterocycles. The SMILES string of the molecule is COc1ccc([C@H](O)c2ccc([N+](=O)[O-])c(C)c2)c(OC)c1. The van der Waals surface area contributed by atoms with Crippen molar-refractivity contribution in [2.45, 2.75) is 13.0 Å². The molecular weight excluding hydrogens is 286 g/mol. The van der Waals surface area contributed by atoms with Gasteiger partial charge in [-0.25, -0.2) is 0 Å². The summed E-state index contributed by atoms with van der Waals surface area (Å²) in [6, 6.07) is 9.64. The van der Waals surface area contributed by atoms with Gasteiger partial charge in [-0.1, -0.05) is 0 Å². The lowest BCUT2D eigenvalue weighted by Gasteiger charge is -2.16. The predicted octanol–water partition coefficient (Wildman–Crippen LogP) is 3.00. The second-order valence-corrected chi connectivity index (χ2v) is 4.81. The summed E-state index contributed by atoms with van der Waals surface area (Å²) in [5.74, 6) is 1.11. The van der Waals surface area contributed by atoms with Crippen LogP contribution in [0.25, 0.3) is 0 Å². The maximum atomic E-state index is 10.9. The van der Waals surface area contributed by atoms with Gasteiger partial charge in [0.15, 0.2) is 0 Å². The van der Waals surface area contributed by atoms with Crippen LogP contribution in [0.5, 0.6) is 11.5 Å². The summed E-state index contributed by atoms with van der Waals surface area (Å²) >= 11 is 0. The first-order valence-corrected chi connectivity index (χ1v) is 6.63. The maximum Gasteiger partial charge on any atom is 0.272 e. The summed E-state index contributed by atoms with van der Waals surface area (Å²) < 4.78 is 10.4. The highest BCUT2D eigenvalue weighted by Crippen LogP contribution is 2.34. The van der Waals surface area contributed by atoms with E-state index in [1.165, 1.54) is 13.2 Å². The highest BCUT2D eigenvalue weighted by atomic mass is 16.6. The first kappa shape index (κ1) is 15.8. The smallest absolute Gasteiger partial charge is 0.272 e. The molecule has 6 heteroatoms. The molecule has 0 aliphatic carbocycles. The molecule has 2 aromatic rings. The van der Waals surface area contributed by atoms with E-state index >= 15 is 0 Å². The van der Waals surface area contributed by atoms with E-state index in [4.69, 9.17) is 9.47 Å². The van der Waals surface area contributed by atoms with Crippen LogP contribution in [-0.2, 0) is 0 Å². The molecule has 0 bridgehead atoms. The van der Waals surface area contributed by atoms with Gasteiger partial charge in [-0.3, -0.25) is 10.1 Å². The maximum absolute atomic E-state index is 10.9. The zero-order valence-electron chi connectivity index (χ0n) is 12.6. The average Bonchev–Trinajstić information content (AvgIpc) is 2.53. The predicted molar refractivity (Wildman–Crippen MR) is 81.4 cm³/mol. The first-order chi connectivity index (χ1) is 10.5. The van der Waals surface area contributed by atoms with Crippen molar-refractivity contribution in [3.63, 3.8) is 0 Å². The number of rotatable bonds is 5. The summed E-state index contributed by atoms with van der Waals surface area (Å²) in [5, 5.41) is 21.4. The Morgan fingerprint density at radius 3 is 2.41 bits per heavy atom. The number of hydrogen-bond donors (Lipinski definition) is 1. The van der Waals surface area contributed by atoms with E-state index in [0.717, 1.165) is 0 Å². The Kier molecular flexibility index (Phi) is 4.62. The fourth-order valence-corrected chi connectivity index (χ4v) is 2.28. The van der Waals surface area contributed by atoms with Crippen LogP contribution in [0.3, 0.4) is 0 Å². The number of nitro benzene ring substituents is 1. The van der Waals surface area contributed by atoms with Gasteiger partial charge in [-0.2, -0.15) is 0 Å². The minimum absolute atomic E-state index is 0.0256. The molecule has 0 radical (unpaired) electrons. The van der Waals surface area contributed by atoms with Crippen molar-refractivity contribution >= 4 is 5.69 Å². The molecule has 0 aromatic heterocycles. The first-order valence-electron chi connectivity index (χ1n) is 6.63. The molecule has 0 amide bonds. The Balaban J connectivity index is 2.41. The molecule has 0 aliphatic rings. The zero-order chi connectivity index (χ0) is 16.3. The van der Waals surface area contributed by atoms with Gasteiger partial charge < -0.3 is 14.6 Å². The number of aryl methyl sites for hydroxylation is 1. The van der Waals surface area contributed by atoms with E-state index in [1.54, 1.807) is 44.4 Å². The number of hydrogen-bond acceptors (Lipinski definition) is 5. The summed E-state index contributed by atoms with van der Waals surface area (Å²) in [6.45, 7) is 1.64. The van der Waals surface area contributed by atoms with Gasteiger partial charge in [0.05, 0.1) is 19.1 Å². The van der Waals surface area contributed by atoms with Gasteiger partial charge in [-0.05, 0) is 36.8 Å². The zero-order valence-corrected chi connectivity index (χ0v) is 12.6. The van der Waals surface area contributed by atoms with E-state index in [2.05, 4.69) is 0 Å². The second-order valence-electron chi connectivity index (χ2n) is 4.81. The molecule has 2 rings (SSSR count). The molecule has 6 nitrogen and oxygen atoms in total. The topological polar surface area (TPSA) is 81.8 Å². The van der Waals surface area contributed by atoms with Crippen molar-refractivity contribution in [2.24, 2.45) is 0 Å². The molecule has 0 saturated carbocycles. The largest absolute Gasteiger partial charge is 0.497 e. The lowest BCUT2D eigenvalue weighted by atomic mass is 9.98. The molecular formula is C16H17NO5. The van der Waals surface area contributed by atoms with E-state index in [9.17, 15) is 15.2 Å². The van der Waals surface area contributed by atoms with Crippen LogP contribution in [0, 0.1) is 17.0 Å². The van der Waals surface area contributed by atoms with Gasteiger partial charge in [0, 0.05) is 23.3 Å². The fraction of sp³-hybridized carbons (Fsp3) is 0.250. The summed E-state index contributed by atoms with van der Waals surface area (Å²) in [5.41, 5.74) is 1.65. The van der Waals surface area contributed by atoms with E-state index in [-0.39, 0.29) is 5.69 Å². The Morgan fingerprint density at radius 1 is 1.14 bits per heavy atom. The van der Waals surface area contributed by atoms with Crippen molar-refractivity contribution in [2.75, 3.05) is 14.2 Å². The standard InChI is InChI=1S/C16H17NO5/c1-10-8-11(4-7-14(10)17(19)20)16(18)13-6-5-12(21-2)9-15(13)22-3/h4-9,16,18H,1-3H3/t16-/m1/s1. The number of methoxy groups -OCH3 is 2. The number of nitro groups is 1. The molecule has 0 heterocycles. The Morgan fingerprint density at radius 2 is 1.86 bits per heavy atom. The van der Waals surface area contributed by atoms with Gasteiger partial charge in [-0.15, -0.1) is 0 Å². The highest BCUT2D eigenvalue weighted by molar-refractivity contribution is 5.48. The molecule has 2 aromatic carbocycles. The van der Waals surface area contributed by atoms with Crippen molar-refractivity contribution < 1.29 is 19.5 Å². The molecule has 0 fully saturated rings. The van der Waals surface area contributed by atoms with Gasteiger partial charge in [0.2, 0.25) is 0 Å². The number of benzene rings is 2.